The molecular formula is C23H36N2O9S. The summed E-state index contributed by atoms with van der Waals surface area (Å²) in [4.78, 5) is 25.9. The van der Waals surface area contributed by atoms with Crippen molar-refractivity contribution in [2.75, 3.05) is 29.6 Å². The lowest BCUT2D eigenvalue weighted by atomic mass is 9.99. The van der Waals surface area contributed by atoms with Crippen molar-refractivity contribution in [2.24, 2.45) is 5.73 Å². The number of nitrogens with two attached hydrogens (primary N) is 1. The minimum absolute atomic E-state index is 0.0111. The topological polar surface area (TPSA) is 183 Å². The van der Waals surface area contributed by atoms with Crippen LogP contribution < -0.4 is 10.6 Å². The van der Waals surface area contributed by atoms with E-state index in [9.17, 15) is 30.0 Å². The first-order valence-corrected chi connectivity index (χ1v) is 12.6. The number of hydrogen-bond donors (Lipinski definition) is 6. The Kier molecular flexibility index (Phi) is 11.4. The molecule has 1 aliphatic rings. The van der Waals surface area contributed by atoms with Crippen LogP contribution in [0.15, 0.2) is 18.2 Å². The number of carbonyl (C=O) groups excluding carboxylic acids is 1. The highest BCUT2D eigenvalue weighted by atomic mass is 32.2. The van der Waals surface area contributed by atoms with Crippen molar-refractivity contribution in [3.63, 3.8) is 0 Å². The molecule has 198 valence electrons. The number of para-hydroxylation sites is 1. The molecule has 11 nitrogen and oxygen atoms in total. The van der Waals surface area contributed by atoms with Crippen molar-refractivity contribution in [3.8, 4) is 0 Å². The van der Waals surface area contributed by atoms with Crippen LogP contribution in [-0.2, 0) is 25.5 Å². The minimum Gasteiger partial charge on any atom is -0.480 e. The van der Waals surface area contributed by atoms with E-state index >= 15 is 0 Å². The van der Waals surface area contributed by atoms with Crippen molar-refractivity contribution >= 4 is 29.3 Å². The third-order valence-electron chi connectivity index (χ3n) is 5.84. The van der Waals surface area contributed by atoms with E-state index in [1.165, 1.54) is 0 Å². The predicted molar refractivity (Wildman–Crippen MR) is 130 cm³/mol. The number of aliphatic carboxylic acids is 1. The molecule has 1 saturated heterocycles. The molecule has 35 heavy (non-hydrogen) atoms. The van der Waals surface area contributed by atoms with Crippen LogP contribution in [0.4, 0.5) is 5.69 Å². The molecule has 0 saturated carbocycles. The monoisotopic (exact) mass is 516 g/mol. The van der Waals surface area contributed by atoms with Gasteiger partial charge in [-0.1, -0.05) is 25.1 Å². The van der Waals surface area contributed by atoms with Crippen molar-refractivity contribution < 1.29 is 44.6 Å². The molecule has 0 aromatic heterocycles. The van der Waals surface area contributed by atoms with Gasteiger partial charge in [0.25, 0.3) is 0 Å². The Bertz CT molecular complexity index is 856. The fourth-order valence-corrected chi connectivity index (χ4v) is 4.70. The smallest absolute Gasteiger partial charge is 0.321 e. The second kappa shape index (κ2) is 13.5. The third kappa shape index (κ3) is 7.37. The standard InChI is InChI=1S/C23H36N2O9S/c1-4-14-7-5-6-12(2)18(14)25(17(27)11-35-10-15(24)22(31)32)13(3)9-33-23-21(30)20(29)19(28)16(8-26)34-23/h5-7,13,15-16,19-21,23,26,28-30H,4,8-11,24H2,1-3H3,(H,31,32)/t13?,15?,16-,19-,20+,21-,23-/m1/s1. The molecule has 2 unspecified atom stereocenters. The summed E-state index contributed by atoms with van der Waals surface area (Å²) in [5, 5.41) is 48.6. The Morgan fingerprint density at radius 3 is 2.51 bits per heavy atom. The summed E-state index contributed by atoms with van der Waals surface area (Å²) in [6.45, 7) is 4.93. The minimum atomic E-state index is -1.57. The van der Waals surface area contributed by atoms with Gasteiger partial charge in [-0.15, -0.1) is 11.8 Å². The normalized spacial score (nSPS) is 26.2. The number of thioether (sulfide) groups is 1. The second-order valence-electron chi connectivity index (χ2n) is 8.54. The number of aryl methyl sites for hydroxylation is 2. The van der Waals surface area contributed by atoms with Crippen molar-refractivity contribution in [1.82, 2.24) is 0 Å². The van der Waals surface area contributed by atoms with E-state index in [1.54, 1.807) is 11.8 Å². The van der Waals surface area contributed by atoms with Crippen LogP contribution in [0.5, 0.6) is 0 Å². The predicted octanol–water partition coefficient (Wildman–Crippen LogP) is -0.759. The Morgan fingerprint density at radius 1 is 1.23 bits per heavy atom. The summed E-state index contributed by atoms with van der Waals surface area (Å²) < 4.78 is 11.1. The molecule has 12 heteroatoms. The molecule has 1 aliphatic heterocycles. The van der Waals surface area contributed by atoms with E-state index < -0.39 is 55.4 Å². The van der Waals surface area contributed by atoms with Crippen LogP contribution >= 0.6 is 11.8 Å². The number of hydrogen-bond acceptors (Lipinski definition) is 10. The number of rotatable bonds is 12. The van der Waals surface area contributed by atoms with Crippen molar-refractivity contribution in [3.05, 3.63) is 29.3 Å². The second-order valence-corrected chi connectivity index (χ2v) is 9.57. The fourth-order valence-electron chi connectivity index (χ4n) is 3.87. The number of carboxylic acid groups (broad SMARTS) is 1. The number of anilines is 1. The van der Waals surface area contributed by atoms with E-state index in [1.807, 2.05) is 32.0 Å². The molecule has 1 aromatic carbocycles. The molecule has 0 spiro atoms. The maximum Gasteiger partial charge on any atom is 0.321 e. The Labute approximate surface area is 208 Å². The molecule has 0 bridgehead atoms. The van der Waals surface area contributed by atoms with Gasteiger partial charge in [-0.2, -0.15) is 0 Å². The molecular weight excluding hydrogens is 480 g/mol. The van der Waals surface area contributed by atoms with Gasteiger partial charge >= 0.3 is 5.97 Å². The first-order valence-electron chi connectivity index (χ1n) is 11.4. The summed E-state index contributed by atoms with van der Waals surface area (Å²) in [5.41, 5.74) is 8.06. The van der Waals surface area contributed by atoms with Crippen LogP contribution in [0.2, 0.25) is 0 Å². The number of ether oxygens (including phenoxy) is 2. The van der Waals surface area contributed by atoms with Gasteiger partial charge in [0.05, 0.1) is 30.7 Å². The van der Waals surface area contributed by atoms with Gasteiger partial charge in [0.15, 0.2) is 6.29 Å². The zero-order valence-electron chi connectivity index (χ0n) is 20.1. The molecule has 1 fully saturated rings. The highest BCUT2D eigenvalue weighted by molar-refractivity contribution is 8.00. The maximum atomic E-state index is 13.3. The molecule has 1 aromatic rings. The van der Waals surface area contributed by atoms with E-state index in [0.717, 1.165) is 22.9 Å². The van der Waals surface area contributed by atoms with Crippen molar-refractivity contribution in [2.45, 2.75) is 70.0 Å². The lowest BCUT2D eigenvalue weighted by Gasteiger charge is -2.40. The van der Waals surface area contributed by atoms with Gasteiger partial charge in [-0.3, -0.25) is 9.59 Å². The fraction of sp³-hybridized carbons (Fsp3) is 0.652. The van der Waals surface area contributed by atoms with Crippen LogP contribution in [-0.4, -0.2) is 105 Å². The molecule has 1 amide bonds. The molecule has 0 radical (unpaired) electrons. The zero-order valence-corrected chi connectivity index (χ0v) is 20.9. The highest BCUT2D eigenvalue weighted by Gasteiger charge is 2.44. The Hall–Kier alpha value is -1.77. The Balaban J connectivity index is 2.21. The first kappa shape index (κ1) is 29.5. The van der Waals surface area contributed by atoms with Gasteiger partial charge < -0.3 is 45.6 Å². The molecule has 0 aliphatic carbocycles. The van der Waals surface area contributed by atoms with Gasteiger partial charge in [-0.05, 0) is 31.4 Å². The summed E-state index contributed by atoms with van der Waals surface area (Å²) >= 11 is 1.12. The summed E-state index contributed by atoms with van der Waals surface area (Å²) in [5.74, 6) is -1.36. The van der Waals surface area contributed by atoms with Crippen LogP contribution in [0.3, 0.4) is 0 Å². The lowest BCUT2D eigenvalue weighted by Crippen LogP contribution is -2.59. The average Bonchev–Trinajstić information content (AvgIpc) is 2.83. The average molecular weight is 517 g/mol. The molecule has 2 rings (SSSR count). The number of carboxylic acids is 1. The summed E-state index contributed by atoms with van der Waals surface area (Å²) in [7, 11) is 0. The van der Waals surface area contributed by atoms with E-state index in [4.69, 9.17) is 20.3 Å². The quantitative estimate of drug-likeness (QED) is 0.205. The highest BCUT2D eigenvalue weighted by Crippen LogP contribution is 2.29. The van der Waals surface area contributed by atoms with Gasteiger partial charge in [0.1, 0.15) is 30.5 Å². The number of nitrogens with zero attached hydrogens (tertiary/aromatic N) is 1. The van der Waals surface area contributed by atoms with E-state index in [2.05, 4.69) is 0 Å². The van der Waals surface area contributed by atoms with Gasteiger partial charge in [0, 0.05) is 5.75 Å². The molecule has 7 atom stereocenters. The number of benzene rings is 1. The molecule has 1 heterocycles. The number of carbonyl (C=O) groups is 2. The summed E-state index contributed by atoms with van der Waals surface area (Å²) in [6.07, 6.45) is -6.39. The lowest BCUT2D eigenvalue weighted by molar-refractivity contribution is -0.301. The first-order chi connectivity index (χ1) is 16.5. The van der Waals surface area contributed by atoms with E-state index in [-0.39, 0.29) is 24.0 Å². The molecule has 7 N–H and O–H groups in total. The van der Waals surface area contributed by atoms with Crippen LogP contribution in [0, 0.1) is 6.92 Å². The Morgan fingerprint density at radius 2 is 1.91 bits per heavy atom. The third-order valence-corrected chi connectivity index (χ3v) is 6.89. The number of amides is 1. The number of aliphatic hydroxyl groups excluding tert-OH is 4. The SMILES string of the molecule is CCc1cccc(C)c1N(C(=O)CSCC(N)C(=O)O)C(C)CO[C@@H]1O[C@H](CO)[C@@H](O)[C@H](O)[C@H]1O. The zero-order chi connectivity index (χ0) is 26.3. The largest absolute Gasteiger partial charge is 0.480 e. The van der Waals surface area contributed by atoms with E-state index in [0.29, 0.717) is 12.1 Å². The van der Waals surface area contributed by atoms with Crippen molar-refractivity contribution in [1.29, 1.82) is 0 Å². The number of aliphatic hydroxyl groups is 4. The van der Waals surface area contributed by atoms with Crippen LogP contribution in [0.25, 0.3) is 0 Å². The van der Waals surface area contributed by atoms with Gasteiger partial charge in [0.2, 0.25) is 5.91 Å². The van der Waals surface area contributed by atoms with Crippen LogP contribution in [0.1, 0.15) is 25.0 Å². The summed E-state index contributed by atoms with van der Waals surface area (Å²) in [6, 6.07) is 4.07. The maximum absolute atomic E-state index is 13.3. The van der Waals surface area contributed by atoms with Gasteiger partial charge in [-0.25, -0.2) is 0 Å².